The van der Waals surface area contributed by atoms with E-state index in [1.165, 1.54) is 24.1 Å². The van der Waals surface area contributed by atoms with Crippen LogP contribution in [0.15, 0.2) is 72.8 Å². The number of benzene rings is 3. The second-order valence-electron chi connectivity index (χ2n) is 7.22. The van der Waals surface area contributed by atoms with Crippen molar-refractivity contribution in [2.45, 2.75) is 13.1 Å². The number of amides is 4. The molecule has 1 aliphatic rings. The van der Waals surface area contributed by atoms with E-state index in [9.17, 15) is 22.8 Å². The highest BCUT2D eigenvalue weighted by atomic mass is 19.4. The van der Waals surface area contributed by atoms with Gasteiger partial charge >= 0.3 is 18.2 Å². The molecular formula is C24H20F3N3O3. The minimum absolute atomic E-state index is 0.0402. The van der Waals surface area contributed by atoms with Crippen LogP contribution in [0.5, 0.6) is 5.75 Å². The average Bonchev–Trinajstić information content (AvgIpc) is 2.89. The van der Waals surface area contributed by atoms with Gasteiger partial charge in [0.05, 0.1) is 35.4 Å². The molecule has 0 aromatic heterocycles. The molecule has 33 heavy (non-hydrogen) atoms. The summed E-state index contributed by atoms with van der Waals surface area (Å²) in [5, 5.41) is 0. The highest BCUT2D eigenvalue weighted by Crippen LogP contribution is 2.43. The minimum Gasteiger partial charge on any atom is -0.497 e. The van der Waals surface area contributed by atoms with Crippen molar-refractivity contribution in [3.63, 3.8) is 0 Å². The number of imide groups is 1. The Labute approximate surface area is 188 Å². The van der Waals surface area contributed by atoms with Crippen LogP contribution >= 0.6 is 0 Å². The molecule has 0 atom stereocenters. The van der Waals surface area contributed by atoms with Crippen LogP contribution in [0.2, 0.25) is 0 Å². The highest BCUT2D eigenvalue weighted by Gasteiger charge is 2.41. The van der Waals surface area contributed by atoms with Gasteiger partial charge in [-0.1, -0.05) is 24.3 Å². The third-order valence-corrected chi connectivity index (χ3v) is 5.28. The van der Waals surface area contributed by atoms with Gasteiger partial charge in [0.15, 0.2) is 0 Å². The fourth-order valence-electron chi connectivity index (χ4n) is 3.72. The zero-order valence-electron chi connectivity index (χ0n) is 17.8. The van der Waals surface area contributed by atoms with Crippen LogP contribution in [0, 0.1) is 0 Å². The van der Waals surface area contributed by atoms with E-state index < -0.39 is 23.8 Å². The smallest absolute Gasteiger partial charge is 0.416 e. The van der Waals surface area contributed by atoms with Crippen molar-refractivity contribution in [2.75, 3.05) is 28.4 Å². The number of carbonyl (C=O) groups is 2. The normalized spacial score (nSPS) is 14.3. The number of ether oxygens (including phenoxy) is 1. The fraction of sp³-hybridized carbons (Fsp3) is 0.167. The lowest BCUT2D eigenvalue weighted by molar-refractivity contribution is -0.137. The number of halogens is 3. The molecule has 0 N–H and O–H groups in total. The third kappa shape index (κ3) is 3.97. The van der Waals surface area contributed by atoms with Gasteiger partial charge in [0.1, 0.15) is 5.75 Å². The van der Waals surface area contributed by atoms with E-state index in [2.05, 4.69) is 0 Å². The van der Waals surface area contributed by atoms with Crippen LogP contribution in [0.4, 0.5) is 45.5 Å². The Balaban J connectivity index is 1.99. The molecule has 0 radical (unpaired) electrons. The number of methoxy groups -OCH3 is 1. The summed E-state index contributed by atoms with van der Waals surface area (Å²) >= 11 is 0. The number of rotatable bonds is 4. The number of hydrogen-bond donors (Lipinski definition) is 0. The van der Waals surface area contributed by atoms with Gasteiger partial charge in [0.25, 0.3) is 0 Å². The zero-order valence-corrected chi connectivity index (χ0v) is 17.8. The zero-order chi connectivity index (χ0) is 23.8. The largest absolute Gasteiger partial charge is 0.497 e. The van der Waals surface area contributed by atoms with Crippen LogP contribution in [-0.2, 0) is 6.18 Å². The summed E-state index contributed by atoms with van der Waals surface area (Å²) < 4.78 is 45.9. The molecule has 6 nitrogen and oxygen atoms in total. The molecular weight excluding hydrogens is 435 g/mol. The lowest BCUT2D eigenvalue weighted by atomic mass is 10.1. The monoisotopic (exact) mass is 455 g/mol. The third-order valence-electron chi connectivity index (χ3n) is 5.28. The van der Waals surface area contributed by atoms with Crippen molar-refractivity contribution < 1.29 is 27.5 Å². The van der Waals surface area contributed by atoms with Gasteiger partial charge < -0.3 is 4.74 Å². The Kier molecular flexibility index (Phi) is 5.71. The number of fused-ring (bicyclic) bond motifs is 1. The number of hydrogen-bond acceptors (Lipinski definition) is 3. The molecule has 0 bridgehead atoms. The first-order chi connectivity index (χ1) is 15.8. The molecule has 0 fully saturated rings. The molecule has 0 saturated carbocycles. The molecule has 170 valence electrons. The number of para-hydroxylation sites is 1. The summed E-state index contributed by atoms with van der Waals surface area (Å²) in [7, 11) is 1.45. The first-order valence-corrected chi connectivity index (χ1v) is 10.1. The standard InChI is InChI=1S/C24H20F3N3O3/c1-3-28-20-13-12-16(24(25,26)27)14-21(20)29(17-8-5-4-6-9-17)23(32)30(22(28)31)18-10-7-11-19(15-18)33-2/h4-15H,3H2,1-2H3. The summed E-state index contributed by atoms with van der Waals surface area (Å²) in [5.74, 6) is 0.420. The topological polar surface area (TPSA) is 53.1 Å². The van der Waals surface area contributed by atoms with Gasteiger partial charge in [-0.25, -0.2) is 14.5 Å². The van der Waals surface area contributed by atoms with Crippen molar-refractivity contribution in [2.24, 2.45) is 0 Å². The minimum atomic E-state index is -4.62. The number of alkyl halides is 3. The van der Waals surface area contributed by atoms with Crippen molar-refractivity contribution in [1.29, 1.82) is 0 Å². The van der Waals surface area contributed by atoms with Crippen LogP contribution < -0.4 is 19.4 Å². The quantitative estimate of drug-likeness (QED) is 0.455. The van der Waals surface area contributed by atoms with E-state index >= 15 is 0 Å². The first-order valence-electron chi connectivity index (χ1n) is 10.1. The molecule has 9 heteroatoms. The molecule has 0 spiro atoms. The Hall–Kier alpha value is -4.01. The summed E-state index contributed by atoms with van der Waals surface area (Å²) in [6, 6.07) is 16.1. The van der Waals surface area contributed by atoms with Crippen molar-refractivity contribution in [3.05, 3.63) is 78.4 Å². The second-order valence-corrected chi connectivity index (χ2v) is 7.22. The lowest BCUT2D eigenvalue weighted by Gasteiger charge is -2.27. The highest BCUT2D eigenvalue weighted by molar-refractivity contribution is 6.28. The Bertz CT molecular complexity index is 1200. The molecule has 4 rings (SSSR count). The van der Waals surface area contributed by atoms with Crippen molar-refractivity contribution in [3.8, 4) is 5.75 Å². The van der Waals surface area contributed by atoms with Crippen molar-refractivity contribution in [1.82, 2.24) is 0 Å². The maximum atomic E-state index is 13.8. The van der Waals surface area contributed by atoms with E-state index in [0.717, 1.165) is 21.9 Å². The second kappa shape index (κ2) is 8.50. The van der Waals surface area contributed by atoms with E-state index in [0.29, 0.717) is 11.4 Å². The van der Waals surface area contributed by atoms with Crippen molar-refractivity contribution >= 4 is 34.8 Å². The Morgan fingerprint density at radius 1 is 0.788 bits per heavy atom. The van der Waals surface area contributed by atoms with Gasteiger partial charge in [-0.2, -0.15) is 13.2 Å². The number of nitrogens with zero attached hydrogens (tertiary/aromatic N) is 3. The predicted molar refractivity (Wildman–Crippen MR) is 119 cm³/mol. The summed E-state index contributed by atoms with van der Waals surface area (Å²) in [5.41, 5.74) is -0.220. The predicted octanol–water partition coefficient (Wildman–Crippen LogP) is 6.44. The van der Waals surface area contributed by atoms with Gasteiger partial charge in [0.2, 0.25) is 0 Å². The molecule has 3 aromatic carbocycles. The molecule has 0 saturated heterocycles. The van der Waals surface area contributed by atoms with Gasteiger partial charge in [-0.15, -0.1) is 0 Å². The Morgan fingerprint density at radius 2 is 1.48 bits per heavy atom. The molecule has 1 heterocycles. The molecule has 0 unspecified atom stereocenters. The fourth-order valence-corrected chi connectivity index (χ4v) is 3.72. The van der Waals surface area contributed by atoms with E-state index in [4.69, 9.17) is 4.74 Å². The maximum absolute atomic E-state index is 13.8. The molecule has 3 aromatic rings. The lowest BCUT2D eigenvalue weighted by Crippen LogP contribution is -2.48. The maximum Gasteiger partial charge on any atom is 0.416 e. The number of carbonyl (C=O) groups excluding carboxylic acids is 2. The SMILES string of the molecule is CCN1C(=O)N(c2cccc(OC)c2)C(=O)N(c2ccccc2)c2cc(C(F)(F)F)ccc21. The molecule has 1 aliphatic heterocycles. The van der Waals surface area contributed by atoms with Gasteiger partial charge in [-0.3, -0.25) is 9.80 Å². The first kappa shape index (κ1) is 22.2. The molecule has 0 aliphatic carbocycles. The van der Waals surface area contributed by atoms with E-state index in [1.807, 2.05) is 0 Å². The summed E-state index contributed by atoms with van der Waals surface area (Å²) in [4.78, 5) is 30.7. The molecule has 4 amide bonds. The average molecular weight is 455 g/mol. The van der Waals surface area contributed by atoms with E-state index in [-0.39, 0.29) is 23.6 Å². The Morgan fingerprint density at radius 3 is 2.12 bits per heavy atom. The van der Waals surface area contributed by atoms with Gasteiger partial charge in [0, 0.05) is 12.6 Å². The van der Waals surface area contributed by atoms with Crippen LogP contribution in [0.1, 0.15) is 12.5 Å². The number of urea groups is 2. The van der Waals surface area contributed by atoms with E-state index in [1.54, 1.807) is 55.5 Å². The summed E-state index contributed by atoms with van der Waals surface area (Å²) in [6.45, 7) is 1.82. The summed E-state index contributed by atoms with van der Waals surface area (Å²) in [6.07, 6.45) is -4.62. The van der Waals surface area contributed by atoms with Crippen LogP contribution in [0.25, 0.3) is 0 Å². The number of anilines is 4. The van der Waals surface area contributed by atoms with Gasteiger partial charge in [-0.05, 0) is 49.4 Å². The van der Waals surface area contributed by atoms with Crippen LogP contribution in [0.3, 0.4) is 0 Å². The van der Waals surface area contributed by atoms with Crippen LogP contribution in [-0.4, -0.2) is 25.7 Å².